The summed E-state index contributed by atoms with van der Waals surface area (Å²) in [5.41, 5.74) is 3.47. The van der Waals surface area contributed by atoms with Gasteiger partial charge in [0.05, 0.1) is 12.5 Å². The number of fused-ring (bicyclic) bond motifs is 1. The van der Waals surface area contributed by atoms with Gasteiger partial charge in [-0.3, -0.25) is 4.79 Å². The third-order valence-corrected chi connectivity index (χ3v) is 6.75. The second-order valence-electron chi connectivity index (χ2n) is 8.88. The molecule has 3 aliphatic rings. The fourth-order valence-electron chi connectivity index (χ4n) is 4.49. The van der Waals surface area contributed by atoms with E-state index in [9.17, 15) is 13.6 Å². The molecule has 1 atom stereocenters. The van der Waals surface area contributed by atoms with Crippen LogP contribution < -0.4 is 4.59 Å². The smallest absolute Gasteiger partial charge is 0.400 e. The highest BCUT2D eigenvalue weighted by molar-refractivity contribution is 5.92. The molecule has 1 aromatic rings. The van der Waals surface area contributed by atoms with E-state index in [1.807, 2.05) is 27.1 Å². The molecule has 1 aliphatic carbocycles. The van der Waals surface area contributed by atoms with E-state index in [0.717, 1.165) is 29.5 Å². The Balaban J connectivity index is 1.55. The van der Waals surface area contributed by atoms with Crippen LogP contribution >= 0.6 is 0 Å². The highest BCUT2D eigenvalue weighted by atomic mass is 19.3. The van der Waals surface area contributed by atoms with Crippen LogP contribution in [0.3, 0.4) is 0 Å². The van der Waals surface area contributed by atoms with E-state index < -0.39 is 11.7 Å². The Bertz CT molecular complexity index is 1020. The number of carbonyl (C=O) groups excluding carboxylic acids is 1. The zero-order valence-electron chi connectivity index (χ0n) is 18.7. The van der Waals surface area contributed by atoms with Crippen molar-refractivity contribution in [1.29, 1.82) is 0 Å². The Morgan fingerprint density at radius 2 is 1.97 bits per heavy atom. The third kappa shape index (κ3) is 3.70. The number of hydrogen-bond acceptors (Lipinski definition) is 4. The van der Waals surface area contributed by atoms with Crippen LogP contribution in [-0.4, -0.2) is 38.2 Å². The summed E-state index contributed by atoms with van der Waals surface area (Å²) in [5.74, 6) is 0.160. The number of benzene rings is 1. The number of nitrogens with zero attached hydrogens (tertiary/aromatic N) is 2. The zero-order valence-corrected chi connectivity index (χ0v) is 18.7. The second kappa shape index (κ2) is 7.28. The molecule has 1 saturated carbocycles. The highest BCUT2D eigenvalue weighted by Gasteiger charge is 2.52. The third-order valence-electron chi connectivity index (χ3n) is 6.75. The first-order chi connectivity index (χ1) is 14.5. The van der Waals surface area contributed by atoms with Crippen LogP contribution in [0.15, 0.2) is 47.6 Å². The molecule has 5 nitrogen and oxygen atoms in total. The lowest BCUT2D eigenvalue weighted by Gasteiger charge is -2.32. The van der Waals surface area contributed by atoms with Crippen LogP contribution in [0.4, 0.5) is 14.5 Å². The number of ketones is 1. The first kappa shape index (κ1) is 21.7. The monoisotopic (exact) mass is 431 g/mol. The largest absolute Gasteiger partial charge is 0.585 e. The molecular weight excluding hydrogens is 402 g/mol. The molecule has 2 aliphatic heterocycles. The van der Waals surface area contributed by atoms with Crippen molar-refractivity contribution in [2.24, 2.45) is 5.41 Å². The van der Waals surface area contributed by atoms with Crippen LogP contribution in [0.25, 0.3) is 6.08 Å². The number of quaternary nitrogens is 1. The van der Waals surface area contributed by atoms with Gasteiger partial charge in [-0.1, -0.05) is 18.6 Å². The van der Waals surface area contributed by atoms with Crippen molar-refractivity contribution >= 4 is 17.5 Å². The van der Waals surface area contributed by atoms with E-state index in [4.69, 9.17) is 0 Å². The Kier molecular flexibility index (Phi) is 5.10. The summed E-state index contributed by atoms with van der Waals surface area (Å²) < 4.78 is 36.4. The number of allylic oxidation sites excluding steroid dienone is 3. The van der Waals surface area contributed by atoms with Gasteiger partial charge in [-0.2, -0.15) is 9.60 Å². The Morgan fingerprint density at radius 3 is 2.52 bits per heavy atom. The number of carbonyl (C=O) groups is 1. The lowest BCUT2D eigenvalue weighted by atomic mass is 9.85. The fourth-order valence-corrected chi connectivity index (χ4v) is 4.49. The molecule has 4 rings (SSSR count). The minimum Gasteiger partial charge on any atom is -0.400 e. The SMILES string of the molecule is CCC(=CC1=C(C)OC(F)(F)O1)C1(C(=O)Cc2ccc3c(c2)C=C[N+]3(C)N(C)C)CC1. The van der Waals surface area contributed by atoms with E-state index in [1.54, 1.807) is 6.08 Å². The molecule has 1 aromatic carbocycles. The number of halogens is 2. The van der Waals surface area contributed by atoms with Gasteiger partial charge in [0, 0.05) is 38.2 Å². The molecule has 0 radical (unpaired) electrons. The molecular formula is C24H29F2N2O3+. The lowest BCUT2D eigenvalue weighted by Crippen LogP contribution is -2.49. The van der Waals surface area contributed by atoms with Crippen LogP contribution in [0, 0.1) is 5.41 Å². The molecule has 0 bridgehead atoms. The molecule has 1 fully saturated rings. The van der Waals surface area contributed by atoms with Gasteiger partial charge >= 0.3 is 6.29 Å². The lowest BCUT2D eigenvalue weighted by molar-refractivity contribution is -0.336. The van der Waals surface area contributed by atoms with Crippen LogP contribution in [-0.2, 0) is 20.7 Å². The summed E-state index contributed by atoms with van der Waals surface area (Å²) in [5, 5.41) is 2.11. The van der Waals surface area contributed by atoms with Gasteiger partial charge < -0.3 is 9.47 Å². The first-order valence-electron chi connectivity index (χ1n) is 10.6. The first-order valence-corrected chi connectivity index (χ1v) is 10.6. The van der Waals surface area contributed by atoms with Crippen molar-refractivity contribution in [2.75, 3.05) is 21.1 Å². The summed E-state index contributed by atoms with van der Waals surface area (Å²) in [6.07, 6.45) is 4.50. The minimum atomic E-state index is -3.65. The maximum absolute atomic E-state index is 13.4. The van der Waals surface area contributed by atoms with Crippen molar-refractivity contribution in [3.8, 4) is 0 Å². The summed E-state index contributed by atoms with van der Waals surface area (Å²) in [6.45, 7) is 3.38. The molecule has 0 spiro atoms. The van der Waals surface area contributed by atoms with Crippen LogP contribution in [0.2, 0.25) is 0 Å². The Hall–Kier alpha value is -2.51. The molecule has 2 heterocycles. The summed E-state index contributed by atoms with van der Waals surface area (Å²) in [6, 6.07) is 6.16. The second-order valence-corrected chi connectivity index (χ2v) is 8.88. The standard InChI is InChI=1S/C24H29F2N2O3/c1-6-19(15-21-16(2)30-24(25,26)31-21)23(10-11-23)22(29)14-17-7-8-20-18(13-17)9-12-28(20,5)27(3)4/h7-9,12-13,15H,6,10-11,14H2,1-5H3/q+1. The zero-order chi connectivity index (χ0) is 22.6. The van der Waals surface area contributed by atoms with Crippen LogP contribution in [0.1, 0.15) is 44.2 Å². The molecule has 0 saturated heterocycles. The molecule has 166 valence electrons. The quantitative estimate of drug-likeness (QED) is 0.561. The molecule has 0 amide bonds. The summed E-state index contributed by atoms with van der Waals surface area (Å²) in [7, 11) is 6.16. The predicted molar refractivity (Wildman–Crippen MR) is 115 cm³/mol. The maximum atomic E-state index is 13.4. The Morgan fingerprint density at radius 1 is 1.26 bits per heavy atom. The predicted octanol–water partition coefficient (Wildman–Crippen LogP) is 5.14. The summed E-state index contributed by atoms with van der Waals surface area (Å²) >= 11 is 0. The number of ether oxygens (including phenoxy) is 2. The molecule has 31 heavy (non-hydrogen) atoms. The normalized spacial score (nSPS) is 25.5. The summed E-state index contributed by atoms with van der Waals surface area (Å²) in [4.78, 5) is 13.3. The average molecular weight is 432 g/mol. The van der Waals surface area contributed by atoms with Crippen molar-refractivity contribution in [2.45, 2.75) is 45.8 Å². The van der Waals surface area contributed by atoms with Crippen molar-refractivity contribution in [3.63, 3.8) is 0 Å². The van der Waals surface area contributed by atoms with E-state index >= 15 is 0 Å². The number of alkyl halides is 2. The number of hydrogen-bond donors (Lipinski definition) is 0. The molecule has 0 N–H and O–H groups in total. The fraction of sp³-hybridized carbons (Fsp3) is 0.458. The van der Waals surface area contributed by atoms with Crippen molar-refractivity contribution in [1.82, 2.24) is 9.60 Å². The Labute approximate surface area is 181 Å². The molecule has 0 aromatic heterocycles. The average Bonchev–Trinajstić information content (AvgIpc) is 3.37. The van der Waals surface area contributed by atoms with Crippen molar-refractivity contribution < 1.29 is 23.0 Å². The van der Waals surface area contributed by atoms with Gasteiger partial charge in [-0.25, -0.2) is 0 Å². The maximum Gasteiger partial charge on any atom is 0.585 e. The highest BCUT2D eigenvalue weighted by Crippen LogP contribution is 2.55. The minimum absolute atomic E-state index is 0.00401. The van der Waals surface area contributed by atoms with Crippen molar-refractivity contribution in [3.05, 3.63) is 58.7 Å². The molecule has 7 heteroatoms. The van der Waals surface area contributed by atoms with E-state index in [2.05, 4.69) is 45.9 Å². The van der Waals surface area contributed by atoms with Gasteiger partial charge in [0.25, 0.3) is 0 Å². The molecule has 1 unspecified atom stereocenters. The van der Waals surface area contributed by atoms with Crippen LogP contribution in [0.5, 0.6) is 0 Å². The van der Waals surface area contributed by atoms with Gasteiger partial charge in [0.2, 0.25) is 0 Å². The van der Waals surface area contributed by atoms with E-state index in [-0.39, 0.29) is 17.3 Å². The van der Waals surface area contributed by atoms with E-state index in [1.165, 1.54) is 12.6 Å². The van der Waals surface area contributed by atoms with Gasteiger partial charge in [-0.15, -0.1) is 8.78 Å². The number of Topliss-reactive ketones (excluding diaryl/α,β-unsaturated/α-hetero) is 1. The van der Waals surface area contributed by atoms with Gasteiger partial charge in [0.15, 0.2) is 11.4 Å². The topological polar surface area (TPSA) is 38.8 Å². The number of rotatable bonds is 7. The van der Waals surface area contributed by atoms with Gasteiger partial charge in [-0.05, 0) is 43.9 Å². The van der Waals surface area contributed by atoms with Gasteiger partial charge in [0.1, 0.15) is 17.7 Å². The van der Waals surface area contributed by atoms with E-state index in [0.29, 0.717) is 17.4 Å².